The number of rotatable bonds is 8. The van der Waals surface area contributed by atoms with E-state index >= 15 is 0 Å². The number of nitrogens with one attached hydrogen (secondary N) is 1. The molecule has 2 aromatic rings. The van der Waals surface area contributed by atoms with Crippen molar-refractivity contribution in [2.24, 2.45) is 0 Å². The molecule has 2 aromatic carbocycles. The highest BCUT2D eigenvalue weighted by atomic mass is 32.2. The second-order valence-corrected chi connectivity index (χ2v) is 7.76. The largest absolute Gasteiger partial charge is 0.495 e. The maximum atomic E-state index is 12.3. The molecule has 140 valence electrons. The summed E-state index contributed by atoms with van der Waals surface area (Å²) in [4.78, 5) is 12.3. The molecule has 0 bridgehead atoms. The normalized spacial score (nSPS) is 11.0. The van der Waals surface area contributed by atoms with E-state index in [4.69, 9.17) is 4.74 Å². The lowest BCUT2D eigenvalue weighted by atomic mass is 10.1. The Morgan fingerprint density at radius 3 is 2.35 bits per heavy atom. The van der Waals surface area contributed by atoms with Crippen molar-refractivity contribution in [3.05, 3.63) is 54.1 Å². The lowest BCUT2D eigenvalue weighted by molar-refractivity contribution is -0.116. The van der Waals surface area contributed by atoms with E-state index in [9.17, 15) is 13.2 Å². The molecule has 7 heteroatoms. The van der Waals surface area contributed by atoms with Crippen molar-refractivity contribution in [1.82, 2.24) is 0 Å². The van der Waals surface area contributed by atoms with Gasteiger partial charge in [0.1, 0.15) is 5.75 Å². The number of anilines is 2. The lowest BCUT2D eigenvalue weighted by Gasteiger charge is -2.22. The van der Waals surface area contributed by atoms with Gasteiger partial charge in [-0.2, -0.15) is 0 Å². The van der Waals surface area contributed by atoms with E-state index < -0.39 is 10.0 Å². The number of hydrogen-bond donors (Lipinski definition) is 1. The summed E-state index contributed by atoms with van der Waals surface area (Å²) in [7, 11) is -1.97. The molecule has 0 radical (unpaired) electrons. The number of carbonyl (C=O) groups is 1. The molecule has 0 aliphatic carbocycles. The van der Waals surface area contributed by atoms with E-state index in [1.807, 2.05) is 19.1 Å². The number of amides is 1. The zero-order chi connectivity index (χ0) is 19.2. The quantitative estimate of drug-likeness (QED) is 0.768. The van der Waals surface area contributed by atoms with E-state index in [1.54, 1.807) is 36.4 Å². The van der Waals surface area contributed by atoms with Gasteiger partial charge in [0.15, 0.2) is 0 Å². The van der Waals surface area contributed by atoms with Crippen molar-refractivity contribution in [2.75, 3.05) is 29.5 Å². The van der Waals surface area contributed by atoms with Crippen molar-refractivity contribution in [1.29, 1.82) is 0 Å². The Morgan fingerprint density at radius 2 is 1.77 bits per heavy atom. The molecule has 0 saturated carbocycles. The topological polar surface area (TPSA) is 75.7 Å². The fourth-order valence-electron chi connectivity index (χ4n) is 2.55. The average Bonchev–Trinajstić information content (AvgIpc) is 2.61. The minimum atomic E-state index is -3.49. The summed E-state index contributed by atoms with van der Waals surface area (Å²) in [6.45, 7) is 2.09. The Kier molecular flexibility index (Phi) is 6.63. The summed E-state index contributed by atoms with van der Waals surface area (Å²) in [6, 6.07) is 14.4. The number of sulfonamides is 1. The van der Waals surface area contributed by atoms with E-state index in [-0.39, 0.29) is 18.9 Å². The maximum Gasteiger partial charge on any atom is 0.232 e. The monoisotopic (exact) mass is 376 g/mol. The Bertz CT molecular complexity index is 848. The molecule has 0 fully saturated rings. The van der Waals surface area contributed by atoms with Crippen LogP contribution in [0.2, 0.25) is 0 Å². The van der Waals surface area contributed by atoms with E-state index in [0.717, 1.165) is 18.2 Å². The number of carbonyl (C=O) groups excluding carboxylic acids is 1. The zero-order valence-corrected chi connectivity index (χ0v) is 16.0. The molecular weight excluding hydrogens is 352 g/mol. The highest BCUT2D eigenvalue weighted by Gasteiger charge is 2.19. The number of para-hydroxylation sites is 2. The Morgan fingerprint density at radius 1 is 1.12 bits per heavy atom. The van der Waals surface area contributed by atoms with Crippen molar-refractivity contribution in [2.45, 2.75) is 19.8 Å². The van der Waals surface area contributed by atoms with Crippen LogP contribution in [0.15, 0.2) is 48.5 Å². The van der Waals surface area contributed by atoms with Gasteiger partial charge < -0.3 is 10.1 Å². The summed E-state index contributed by atoms with van der Waals surface area (Å²) in [5, 5.41) is 2.75. The molecule has 0 aromatic heterocycles. The molecule has 26 heavy (non-hydrogen) atoms. The molecule has 0 atom stereocenters. The van der Waals surface area contributed by atoms with E-state index in [0.29, 0.717) is 17.1 Å². The van der Waals surface area contributed by atoms with Gasteiger partial charge in [0.2, 0.25) is 15.9 Å². The van der Waals surface area contributed by atoms with Gasteiger partial charge in [0.25, 0.3) is 0 Å². The van der Waals surface area contributed by atoms with Crippen LogP contribution in [0.1, 0.15) is 18.9 Å². The van der Waals surface area contributed by atoms with Crippen molar-refractivity contribution >= 4 is 27.3 Å². The minimum absolute atomic E-state index is 0.0284. The van der Waals surface area contributed by atoms with Crippen LogP contribution in [-0.2, 0) is 21.2 Å². The number of nitrogens with zero attached hydrogens (tertiary/aromatic N) is 1. The number of hydrogen-bond acceptors (Lipinski definition) is 4. The van der Waals surface area contributed by atoms with Crippen LogP contribution in [0.25, 0.3) is 0 Å². The van der Waals surface area contributed by atoms with Gasteiger partial charge in [-0.3, -0.25) is 9.10 Å². The molecular formula is C19H24N2O4S. The number of aryl methyl sites for hydroxylation is 1. The standard InChI is InChI=1S/C19H24N2O4S/c1-4-15-9-11-16(12-10-15)21(26(3,23)24)14-13-19(22)20-17-7-5-6-8-18(17)25-2/h5-12H,4,13-14H2,1-3H3,(H,20,22). The van der Waals surface area contributed by atoms with E-state index in [1.165, 1.54) is 11.4 Å². The first kappa shape index (κ1) is 19.8. The molecule has 0 heterocycles. The Balaban J connectivity index is 2.08. The van der Waals surface area contributed by atoms with Crippen molar-refractivity contribution in [3.8, 4) is 5.75 Å². The third kappa shape index (κ3) is 5.23. The second kappa shape index (κ2) is 8.71. The molecule has 0 saturated heterocycles. The molecule has 1 N–H and O–H groups in total. The molecule has 0 aliphatic heterocycles. The van der Waals surface area contributed by atoms with Crippen LogP contribution in [0.4, 0.5) is 11.4 Å². The third-order valence-corrected chi connectivity index (χ3v) is 5.15. The van der Waals surface area contributed by atoms with E-state index in [2.05, 4.69) is 5.32 Å². The SMILES string of the molecule is CCc1ccc(N(CCC(=O)Nc2ccccc2OC)S(C)(=O)=O)cc1. The predicted molar refractivity (Wildman–Crippen MR) is 104 cm³/mol. The Labute approximate surface area is 154 Å². The minimum Gasteiger partial charge on any atom is -0.495 e. The molecule has 1 amide bonds. The van der Waals surface area contributed by atoms with Crippen LogP contribution in [0.5, 0.6) is 5.75 Å². The molecule has 0 aliphatic rings. The van der Waals surface area contributed by atoms with Gasteiger partial charge in [0, 0.05) is 13.0 Å². The molecule has 0 spiro atoms. The first-order chi connectivity index (χ1) is 12.3. The second-order valence-electron chi connectivity index (χ2n) is 5.85. The van der Waals surface area contributed by atoms with Gasteiger partial charge in [-0.1, -0.05) is 31.2 Å². The van der Waals surface area contributed by atoms with Gasteiger partial charge >= 0.3 is 0 Å². The summed E-state index contributed by atoms with van der Waals surface area (Å²) in [5.74, 6) is 0.268. The number of benzene rings is 2. The summed E-state index contributed by atoms with van der Waals surface area (Å²) >= 11 is 0. The fourth-order valence-corrected chi connectivity index (χ4v) is 3.48. The van der Waals surface area contributed by atoms with Crippen molar-refractivity contribution in [3.63, 3.8) is 0 Å². The summed E-state index contributed by atoms with van der Waals surface area (Å²) in [6.07, 6.45) is 2.04. The fraction of sp³-hybridized carbons (Fsp3) is 0.316. The maximum absolute atomic E-state index is 12.3. The van der Waals surface area contributed by atoms with Crippen LogP contribution in [-0.4, -0.2) is 34.2 Å². The molecule has 2 rings (SSSR count). The highest BCUT2D eigenvalue weighted by Crippen LogP contribution is 2.23. The van der Waals surface area contributed by atoms with Gasteiger partial charge in [0.05, 0.1) is 24.7 Å². The average molecular weight is 376 g/mol. The van der Waals surface area contributed by atoms with Crippen LogP contribution >= 0.6 is 0 Å². The summed E-state index contributed by atoms with van der Waals surface area (Å²) in [5.41, 5.74) is 2.23. The zero-order valence-electron chi connectivity index (χ0n) is 15.2. The highest BCUT2D eigenvalue weighted by molar-refractivity contribution is 7.92. The molecule has 0 unspecified atom stereocenters. The van der Waals surface area contributed by atoms with Crippen LogP contribution < -0.4 is 14.4 Å². The Hall–Kier alpha value is -2.54. The molecule has 6 nitrogen and oxygen atoms in total. The lowest BCUT2D eigenvalue weighted by Crippen LogP contribution is -2.33. The van der Waals surface area contributed by atoms with Crippen molar-refractivity contribution < 1.29 is 17.9 Å². The summed E-state index contributed by atoms with van der Waals surface area (Å²) < 4.78 is 30.7. The third-order valence-electron chi connectivity index (χ3n) is 3.96. The van der Waals surface area contributed by atoms with Crippen LogP contribution in [0, 0.1) is 0 Å². The predicted octanol–water partition coefficient (Wildman–Crippen LogP) is 3.05. The van der Waals surface area contributed by atoms with Gasteiger partial charge in [-0.15, -0.1) is 0 Å². The smallest absolute Gasteiger partial charge is 0.232 e. The number of ether oxygens (including phenoxy) is 1. The first-order valence-electron chi connectivity index (χ1n) is 8.34. The number of methoxy groups -OCH3 is 1. The van der Waals surface area contributed by atoms with Gasteiger partial charge in [-0.25, -0.2) is 8.42 Å². The van der Waals surface area contributed by atoms with Gasteiger partial charge in [-0.05, 0) is 36.2 Å². The van der Waals surface area contributed by atoms with Crippen LogP contribution in [0.3, 0.4) is 0 Å². The first-order valence-corrected chi connectivity index (χ1v) is 10.2.